The lowest BCUT2D eigenvalue weighted by molar-refractivity contribution is 0.0988. The van der Waals surface area contributed by atoms with Gasteiger partial charge in [-0.15, -0.1) is 0 Å². The zero-order valence-corrected chi connectivity index (χ0v) is 13.0. The Morgan fingerprint density at radius 2 is 2.00 bits per heavy atom. The number of nitrogens with one attached hydrogen (secondary N) is 1. The number of hydrogen-bond donors (Lipinski definition) is 1. The monoisotopic (exact) mass is 326 g/mol. The SMILES string of the molecule is Cc1cc(C(=O)Nc2cccc(OCc3ccc(F)cc3)c2)on1. The average Bonchev–Trinajstić information content (AvgIpc) is 3.01. The predicted molar refractivity (Wildman–Crippen MR) is 86.4 cm³/mol. The third-order valence-electron chi connectivity index (χ3n) is 3.26. The van der Waals surface area contributed by atoms with E-state index in [4.69, 9.17) is 9.26 Å². The van der Waals surface area contributed by atoms with Crippen LogP contribution in [0.2, 0.25) is 0 Å². The summed E-state index contributed by atoms with van der Waals surface area (Å²) in [5, 5.41) is 6.39. The lowest BCUT2D eigenvalue weighted by atomic mass is 10.2. The average molecular weight is 326 g/mol. The number of hydrogen-bond acceptors (Lipinski definition) is 4. The molecular weight excluding hydrogens is 311 g/mol. The number of ether oxygens (including phenoxy) is 1. The number of benzene rings is 2. The molecule has 0 aliphatic rings. The number of amides is 1. The minimum atomic E-state index is -0.383. The summed E-state index contributed by atoms with van der Waals surface area (Å²) in [6, 6.07) is 14.6. The highest BCUT2D eigenvalue weighted by molar-refractivity contribution is 6.02. The van der Waals surface area contributed by atoms with E-state index in [1.165, 1.54) is 12.1 Å². The van der Waals surface area contributed by atoms with Gasteiger partial charge in [-0.2, -0.15) is 0 Å². The molecule has 24 heavy (non-hydrogen) atoms. The molecule has 5 nitrogen and oxygen atoms in total. The fourth-order valence-corrected chi connectivity index (χ4v) is 2.07. The zero-order valence-electron chi connectivity index (χ0n) is 13.0. The normalized spacial score (nSPS) is 10.4. The third kappa shape index (κ3) is 3.98. The van der Waals surface area contributed by atoms with Gasteiger partial charge >= 0.3 is 0 Å². The maximum atomic E-state index is 12.9. The summed E-state index contributed by atoms with van der Waals surface area (Å²) in [5.41, 5.74) is 2.06. The molecule has 2 aromatic carbocycles. The van der Waals surface area contributed by atoms with Crippen molar-refractivity contribution in [1.82, 2.24) is 5.16 Å². The standard InChI is InChI=1S/C18H15FN2O3/c1-12-9-17(24-21-12)18(22)20-15-3-2-4-16(10-15)23-11-13-5-7-14(19)8-6-13/h2-10H,11H2,1H3,(H,20,22). The molecule has 122 valence electrons. The molecule has 3 rings (SSSR count). The summed E-state index contributed by atoms with van der Waals surface area (Å²) in [6.07, 6.45) is 0. The number of aryl methyl sites for hydroxylation is 1. The Morgan fingerprint density at radius 3 is 2.71 bits per heavy atom. The molecule has 0 radical (unpaired) electrons. The molecule has 1 heterocycles. The minimum Gasteiger partial charge on any atom is -0.489 e. The predicted octanol–water partition coefficient (Wildman–Crippen LogP) is 3.95. The number of aromatic nitrogens is 1. The largest absolute Gasteiger partial charge is 0.489 e. The van der Waals surface area contributed by atoms with Gasteiger partial charge in [0, 0.05) is 17.8 Å². The van der Waals surface area contributed by atoms with Crippen molar-refractivity contribution in [1.29, 1.82) is 0 Å². The van der Waals surface area contributed by atoms with Crippen LogP contribution in [0.4, 0.5) is 10.1 Å². The first kappa shape index (κ1) is 15.7. The van der Waals surface area contributed by atoms with Crippen LogP contribution in [0.15, 0.2) is 59.1 Å². The molecule has 1 aromatic heterocycles. The smallest absolute Gasteiger partial charge is 0.294 e. The minimum absolute atomic E-state index is 0.144. The number of rotatable bonds is 5. The Hall–Kier alpha value is -3.15. The second-order valence-electron chi connectivity index (χ2n) is 5.23. The second-order valence-corrected chi connectivity index (χ2v) is 5.23. The highest BCUT2D eigenvalue weighted by atomic mass is 19.1. The summed E-state index contributed by atoms with van der Waals surface area (Å²) in [7, 11) is 0. The van der Waals surface area contributed by atoms with E-state index in [2.05, 4.69) is 10.5 Å². The molecule has 0 aliphatic carbocycles. The maximum absolute atomic E-state index is 12.9. The van der Waals surface area contributed by atoms with Crippen molar-refractivity contribution < 1.29 is 18.4 Å². The topological polar surface area (TPSA) is 64.4 Å². The summed E-state index contributed by atoms with van der Waals surface area (Å²) in [6.45, 7) is 2.04. The van der Waals surface area contributed by atoms with Gasteiger partial charge in [0.15, 0.2) is 0 Å². The van der Waals surface area contributed by atoms with Crippen molar-refractivity contribution in [2.24, 2.45) is 0 Å². The van der Waals surface area contributed by atoms with Crippen LogP contribution in [0.5, 0.6) is 5.75 Å². The van der Waals surface area contributed by atoms with Crippen molar-refractivity contribution >= 4 is 11.6 Å². The van der Waals surface area contributed by atoms with Gasteiger partial charge in [-0.25, -0.2) is 4.39 Å². The molecule has 0 fully saturated rings. The number of halogens is 1. The van der Waals surface area contributed by atoms with Crippen molar-refractivity contribution in [2.75, 3.05) is 5.32 Å². The second kappa shape index (κ2) is 6.95. The van der Waals surface area contributed by atoms with Crippen molar-refractivity contribution in [3.8, 4) is 5.75 Å². The fourth-order valence-electron chi connectivity index (χ4n) is 2.07. The van der Waals surface area contributed by atoms with Crippen LogP contribution in [-0.4, -0.2) is 11.1 Å². The Balaban J connectivity index is 1.63. The number of carbonyl (C=O) groups excluding carboxylic acids is 1. The first-order chi connectivity index (χ1) is 11.6. The van der Waals surface area contributed by atoms with Gasteiger partial charge < -0.3 is 14.6 Å². The Bertz CT molecular complexity index is 843. The van der Waals surface area contributed by atoms with Crippen LogP contribution in [0.1, 0.15) is 21.8 Å². The molecule has 6 heteroatoms. The third-order valence-corrected chi connectivity index (χ3v) is 3.26. The van der Waals surface area contributed by atoms with Crippen LogP contribution in [0.3, 0.4) is 0 Å². The highest BCUT2D eigenvalue weighted by Crippen LogP contribution is 2.19. The van der Waals surface area contributed by atoms with Crippen LogP contribution in [0.25, 0.3) is 0 Å². The van der Waals surface area contributed by atoms with E-state index in [1.807, 2.05) is 0 Å². The van der Waals surface area contributed by atoms with Crippen LogP contribution >= 0.6 is 0 Å². The quantitative estimate of drug-likeness (QED) is 0.771. The van der Waals surface area contributed by atoms with Crippen LogP contribution in [-0.2, 0) is 6.61 Å². The van der Waals surface area contributed by atoms with Gasteiger partial charge in [0.05, 0.1) is 5.69 Å². The molecule has 3 aromatic rings. The zero-order chi connectivity index (χ0) is 16.9. The molecular formula is C18H15FN2O3. The van der Waals surface area contributed by atoms with Crippen molar-refractivity contribution in [3.63, 3.8) is 0 Å². The summed E-state index contributed by atoms with van der Waals surface area (Å²) in [5.74, 6) is 0.0633. The van der Waals surface area contributed by atoms with Gasteiger partial charge in [0.2, 0.25) is 5.76 Å². The molecule has 1 amide bonds. The van der Waals surface area contributed by atoms with Gasteiger partial charge in [0.1, 0.15) is 18.2 Å². The van der Waals surface area contributed by atoms with Gasteiger partial charge in [0.25, 0.3) is 5.91 Å². The molecule has 0 atom stereocenters. The highest BCUT2D eigenvalue weighted by Gasteiger charge is 2.12. The van der Waals surface area contributed by atoms with E-state index >= 15 is 0 Å². The van der Waals surface area contributed by atoms with Crippen molar-refractivity contribution in [2.45, 2.75) is 13.5 Å². The number of carbonyl (C=O) groups is 1. The van der Waals surface area contributed by atoms with Gasteiger partial charge in [-0.1, -0.05) is 23.4 Å². The van der Waals surface area contributed by atoms with E-state index in [1.54, 1.807) is 49.4 Å². The maximum Gasteiger partial charge on any atom is 0.294 e. The molecule has 0 spiro atoms. The van der Waals surface area contributed by atoms with Crippen molar-refractivity contribution in [3.05, 3.63) is 77.4 Å². The number of nitrogens with zero attached hydrogens (tertiary/aromatic N) is 1. The van der Waals surface area contributed by atoms with E-state index in [0.29, 0.717) is 23.7 Å². The summed E-state index contributed by atoms with van der Waals surface area (Å²) in [4.78, 5) is 12.0. The molecule has 0 unspecified atom stereocenters. The summed E-state index contributed by atoms with van der Waals surface area (Å²) < 4.78 is 23.4. The lowest BCUT2D eigenvalue weighted by Gasteiger charge is -2.08. The van der Waals surface area contributed by atoms with E-state index in [0.717, 1.165) is 5.56 Å². The molecule has 0 saturated carbocycles. The Kier molecular flexibility index (Phi) is 4.56. The molecule has 0 aliphatic heterocycles. The molecule has 0 saturated heterocycles. The van der Waals surface area contributed by atoms with Crippen LogP contribution in [0, 0.1) is 12.7 Å². The molecule has 1 N–H and O–H groups in total. The Morgan fingerprint density at radius 1 is 1.21 bits per heavy atom. The van der Waals surface area contributed by atoms with E-state index in [-0.39, 0.29) is 17.5 Å². The van der Waals surface area contributed by atoms with Gasteiger partial charge in [-0.05, 0) is 36.8 Å². The Labute approximate surface area is 138 Å². The first-order valence-corrected chi connectivity index (χ1v) is 7.32. The lowest BCUT2D eigenvalue weighted by Crippen LogP contribution is -2.10. The number of anilines is 1. The first-order valence-electron chi connectivity index (χ1n) is 7.32. The van der Waals surface area contributed by atoms with Crippen LogP contribution < -0.4 is 10.1 Å². The molecule has 0 bridgehead atoms. The van der Waals surface area contributed by atoms with Gasteiger partial charge in [-0.3, -0.25) is 4.79 Å². The van der Waals surface area contributed by atoms with E-state index < -0.39 is 0 Å². The fraction of sp³-hybridized carbons (Fsp3) is 0.111. The summed E-state index contributed by atoms with van der Waals surface area (Å²) >= 11 is 0. The van der Waals surface area contributed by atoms with E-state index in [9.17, 15) is 9.18 Å².